The third-order valence-electron chi connectivity index (χ3n) is 3.48. The predicted molar refractivity (Wildman–Crippen MR) is 97.6 cm³/mol. The molecule has 1 aromatic heterocycles. The summed E-state index contributed by atoms with van der Waals surface area (Å²) in [5.41, 5.74) is 1.19. The number of benzene rings is 1. The molecule has 0 bridgehead atoms. The summed E-state index contributed by atoms with van der Waals surface area (Å²) < 4.78 is 0.776. The SMILES string of the molecule is CCc1ccc(NC(=O)CSc2nnc(CCC(=O)O)c(=O)n2N)cc1. The summed E-state index contributed by atoms with van der Waals surface area (Å²) in [7, 11) is 0. The summed E-state index contributed by atoms with van der Waals surface area (Å²) in [6.07, 6.45) is 0.617. The fourth-order valence-electron chi connectivity index (χ4n) is 2.05. The number of aryl methyl sites for hydroxylation is 2. The number of thioether (sulfide) groups is 1. The molecule has 0 spiro atoms. The molecule has 1 aromatic carbocycles. The van der Waals surface area contributed by atoms with Crippen molar-refractivity contribution in [1.29, 1.82) is 0 Å². The smallest absolute Gasteiger partial charge is 0.303 e. The molecule has 26 heavy (non-hydrogen) atoms. The van der Waals surface area contributed by atoms with Crippen LogP contribution >= 0.6 is 11.8 Å². The molecule has 0 radical (unpaired) electrons. The molecule has 2 rings (SSSR count). The highest BCUT2D eigenvalue weighted by Crippen LogP contribution is 2.14. The Balaban J connectivity index is 1.95. The molecule has 0 atom stereocenters. The lowest BCUT2D eigenvalue weighted by molar-refractivity contribution is -0.137. The lowest BCUT2D eigenvalue weighted by Gasteiger charge is -2.08. The number of anilines is 1. The van der Waals surface area contributed by atoms with Crippen LogP contribution in [0.15, 0.2) is 34.2 Å². The first-order chi connectivity index (χ1) is 12.4. The van der Waals surface area contributed by atoms with Crippen molar-refractivity contribution in [3.8, 4) is 0 Å². The number of carbonyl (C=O) groups excluding carboxylic acids is 1. The van der Waals surface area contributed by atoms with Crippen molar-refractivity contribution in [3.05, 3.63) is 45.9 Å². The monoisotopic (exact) mass is 377 g/mol. The average molecular weight is 377 g/mol. The zero-order valence-corrected chi connectivity index (χ0v) is 15.0. The Hall–Kier alpha value is -2.88. The van der Waals surface area contributed by atoms with Gasteiger partial charge in [-0.3, -0.25) is 14.4 Å². The van der Waals surface area contributed by atoms with Crippen molar-refractivity contribution >= 4 is 29.3 Å². The Morgan fingerprint density at radius 1 is 1.27 bits per heavy atom. The average Bonchev–Trinajstić information content (AvgIpc) is 2.62. The Kier molecular flexibility index (Phi) is 6.73. The van der Waals surface area contributed by atoms with Crippen LogP contribution in [0, 0.1) is 0 Å². The van der Waals surface area contributed by atoms with Crippen LogP contribution in [0.5, 0.6) is 0 Å². The minimum absolute atomic E-state index is 0.00464. The van der Waals surface area contributed by atoms with E-state index in [4.69, 9.17) is 10.9 Å². The number of carbonyl (C=O) groups is 2. The van der Waals surface area contributed by atoms with Crippen LogP contribution in [0.1, 0.15) is 24.6 Å². The second-order valence-corrected chi connectivity index (χ2v) is 6.33. The van der Waals surface area contributed by atoms with Crippen molar-refractivity contribution in [3.63, 3.8) is 0 Å². The van der Waals surface area contributed by atoms with Gasteiger partial charge in [0.05, 0.1) is 12.2 Å². The molecular weight excluding hydrogens is 358 g/mol. The number of carboxylic acids is 1. The van der Waals surface area contributed by atoms with E-state index in [2.05, 4.69) is 15.5 Å². The number of nitrogens with zero attached hydrogens (tertiary/aromatic N) is 3. The summed E-state index contributed by atoms with van der Waals surface area (Å²) in [5.74, 6) is 4.34. The molecule has 2 aromatic rings. The number of carboxylic acid groups (broad SMARTS) is 1. The molecule has 0 saturated carbocycles. The standard InChI is InChI=1S/C16H19N5O4S/c1-2-10-3-5-11(6-4-10)18-13(22)9-26-16-20-19-12(7-8-14(23)24)15(25)21(16)17/h3-6H,2,7-9,17H2,1H3,(H,18,22)(H,23,24). The molecule has 4 N–H and O–H groups in total. The van der Waals surface area contributed by atoms with Gasteiger partial charge >= 0.3 is 5.97 Å². The summed E-state index contributed by atoms with van der Waals surface area (Å²) in [6.45, 7) is 2.05. The molecule has 0 aliphatic carbocycles. The van der Waals surface area contributed by atoms with E-state index in [0.717, 1.165) is 22.9 Å². The molecule has 138 valence electrons. The van der Waals surface area contributed by atoms with E-state index in [0.29, 0.717) is 5.69 Å². The fraction of sp³-hybridized carbons (Fsp3) is 0.312. The normalized spacial score (nSPS) is 10.5. The van der Waals surface area contributed by atoms with Crippen LogP contribution in [0.3, 0.4) is 0 Å². The van der Waals surface area contributed by atoms with Crippen LogP contribution < -0.4 is 16.7 Å². The highest BCUT2D eigenvalue weighted by molar-refractivity contribution is 7.99. The van der Waals surface area contributed by atoms with Crippen LogP contribution in [0.4, 0.5) is 5.69 Å². The molecular formula is C16H19N5O4S. The van der Waals surface area contributed by atoms with Gasteiger partial charge in [-0.25, -0.2) is 0 Å². The lowest BCUT2D eigenvalue weighted by Crippen LogP contribution is -2.34. The Morgan fingerprint density at radius 3 is 2.58 bits per heavy atom. The first kappa shape index (κ1) is 19.4. The number of aromatic nitrogens is 3. The highest BCUT2D eigenvalue weighted by Gasteiger charge is 2.13. The summed E-state index contributed by atoms with van der Waals surface area (Å²) in [4.78, 5) is 34.6. The zero-order chi connectivity index (χ0) is 19.1. The minimum Gasteiger partial charge on any atom is -0.481 e. The topological polar surface area (TPSA) is 140 Å². The van der Waals surface area contributed by atoms with Gasteiger partial charge in [-0.05, 0) is 24.1 Å². The molecule has 0 unspecified atom stereocenters. The molecule has 9 nitrogen and oxygen atoms in total. The van der Waals surface area contributed by atoms with E-state index >= 15 is 0 Å². The van der Waals surface area contributed by atoms with E-state index in [-0.39, 0.29) is 35.4 Å². The van der Waals surface area contributed by atoms with Crippen molar-refractivity contribution < 1.29 is 14.7 Å². The second kappa shape index (κ2) is 8.99. The van der Waals surface area contributed by atoms with Gasteiger partial charge in [0.1, 0.15) is 5.69 Å². The van der Waals surface area contributed by atoms with Gasteiger partial charge in [-0.15, -0.1) is 10.2 Å². The maximum absolute atomic E-state index is 12.0. The quantitative estimate of drug-likeness (QED) is 0.450. The molecule has 0 aliphatic rings. The van der Waals surface area contributed by atoms with Crippen molar-refractivity contribution in [2.24, 2.45) is 0 Å². The van der Waals surface area contributed by atoms with Gasteiger partial charge in [0.2, 0.25) is 11.1 Å². The largest absolute Gasteiger partial charge is 0.481 e. The molecule has 0 fully saturated rings. The zero-order valence-electron chi connectivity index (χ0n) is 14.1. The molecule has 10 heteroatoms. The maximum Gasteiger partial charge on any atom is 0.303 e. The van der Waals surface area contributed by atoms with E-state index in [1.807, 2.05) is 31.2 Å². The molecule has 0 aliphatic heterocycles. The van der Waals surface area contributed by atoms with Crippen LogP contribution in [0.25, 0.3) is 0 Å². The van der Waals surface area contributed by atoms with Gasteiger partial charge in [-0.1, -0.05) is 30.8 Å². The number of rotatable bonds is 8. The van der Waals surface area contributed by atoms with Crippen molar-refractivity contribution in [1.82, 2.24) is 14.9 Å². The van der Waals surface area contributed by atoms with Gasteiger partial charge in [0.15, 0.2) is 0 Å². The lowest BCUT2D eigenvalue weighted by atomic mass is 10.1. The molecule has 1 heterocycles. The fourth-order valence-corrected chi connectivity index (χ4v) is 2.70. The van der Waals surface area contributed by atoms with E-state index in [1.54, 1.807) is 0 Å². The number of amides is 1. The Bertz CT molecular complexity index is 851. The Morgan fingerprint density at radius 2 is 1.96 bits per heavy atom. The first-order valence-electron chi connectivity index (χ1n) is 7.87. The van der Waals surface area contributed by atoms with Crippen LogP contribution in [0.2, 0.25) is 0 Å². The van der Waals surface area contributed by atoms with E-state index < -0.39 is 11.5 Å². The highest BCUT2D eigenvalue weighted by atomic mass is 32.2. The van der Waals surface area contributed by atoms with Crippen LogP contribution in [-0.2, 0) is 22.4 Å². The summed E-state index contributed by atoms with van der Waals surface area (Å²) in [5, 5.41) is 19.0. The van der Waals surface area contributed by atoms with Gasteiger partial charge in [-0.2, -0.15) is 4.68 Å². The number of nitrogens with two attached hydrogens (primary N) is 1. The third-order valence-corrected chi connectivity index (χ3v) is 4.43. The van der Waals surface area contributed by atoms with Gasteiger partial charge in [0, 0.05) is 12.1 Å². The summed E-state index contributed by atoms with van der Waals surface area (Å²) >= 11 is 0.965. The van der Waals surface area contributed by atoms with Crippen molar-refractivity contribution in [2.45, 2.75) is 31.3 Å². The first-order valence-corrected chi connectivity index (χ1v) is 8.86. The second-order valence-electron chi connectivity index (χ2n) is 5.39. The maximum atomic E-state index is 12.0. The minimum atomic E-state index is -1.04. The number of nitrogen functional groups attached to an aromatic ring is 1. The van der Waals surface area contributed by atoms with Gasteiger partial charge in [0.25, 0.3) is 5.56 Å². The van der Waals surface area contributed by atoms with Crippen molar-refractivity contribution in [2.75, 3.05) is 16.9 Å². The predicted octanol–water partition coefficient (Wildman–Crippen LogP) is 0.663. The number of hydrogen-bond acceptors (Lipinski definition) is 7. The van der Waals surface area contributed by atoms with Gasteiger partial charge < -0.3 is 16.3 Å². The number of aliphatic carboxylic acids is 1. The summed E-state index contributed by atoms with van der Waals surface area (Å²) in [6, 6.07) is 7.50. The van der Waals surface area contributed by atoms with Crippen LogP contribution in [-0.4, -0.2) is 37.6 Å². The number of hydrogen-bond donors (Lipinski definition) is 3. The Labute approximate surface area is 153 Å². The molecule has 0 saturated heterocycles. The number of nitrogens with one attached hydrogen (secondary N) is 1. The molecule has 1 amide bonds. The van der Waals surface area contributed by atoms with E-state index in [9.17, 15) is 14.4 Å². The van der Waals surface area contributed by atoms with E-state index in [1.165, 1.54) is 5.56 Å². The third kappa shape index (κ3) is 5.31.